The first kappa shape index (κ1) is 11.2. The highest BCUT2D eigenvalue weighted by Gasteiger charge is 2.41. The Labute approximate surface area is 97.0 Å². The maximum absolute atomic E-state index is 9.17. The van der Waals surface area contributed by atoms with Gasteiger partial charge in [-0.25, -0.2) is 0 Å². The van der Waals surface area contributed by atoms with Crippen molar-refractivity contribution in [2.24, 2.45) is 5.16 Å². The van der Waals surface area contributed by atoms with E-state index in [0.717, 1.165) is 12.1 Å². The highest BCUT2D eigenvalue weighted by atomic mass is 16.4. The summed E-state index contributed by atoms with van der Waals surface area (Å²) in [5.74, 6) is 0. The topological polar surface area (TPSA) is 32.6 Å². The standard InChI is InChI=1S/C14H19NO/c1-13(2)9-12(15-16)14(3,4)11-8-6-5-7-10(11)13/h5-8,16H,9H2,1-4H3. The van der Waals surface area contributed by atoms with Gasteiger partial charge < -0.3 is 5.21 Å². The second-order valence-corrected chi connectivity index (χ2v) is 5.78. The molecule has 0 atom stereocenters. The third-order valence-corrected chi connectivity index (χ3v) is 3.78. The van der Waals surface area contributed by atoms with E-state index in [1.807, 2.05) is 0 Å². The molecule has 0 aliphatic heterocycles. The van der Waals surface area contributed by atoms with Crippen LogP contribution in [0.15, 0.2) is 29.4 Å². The quantitative estimate of drug-likeness (QED) is 0.523. The first-order chi connectivity index (χ1) is 7.39. The molecular formula is C14H19NO. The zero-order valence-electron chi connectivity index (χ0n) is 10.4. The highest BCUT2D eigenvalue weighted by Crippen LogP contribution is 2.43. The van der Waals surface area contributed by atoms with Crippen molar-refractivity contribution in [2.75, 3.05) is 0 Å². The number of fused-ring (bicyclic) bond motifs is 1. The van der Waals surface area contributed by atoms with Crippen LogP contribution in [0.5, 0.6) is 0 Å². The molecule has 1 aromatic carbocycles. The Morgan fingerprint density at radius 2 is 1.62 bits per heavy atom. The van der Waals surface area contributed by atoms with Gasteiger partial charge in [-0.05, 0) is 23.0 Å². The molecular weight excluding hydrogens is 198 g/mol. The van der Waals surface area contributed by atoms with Gasteiger partial charge in [0.2, 0.25) is 0 Å². The predicted molar refractivity (Wildman–Crippen MR) is 66.3 cm³/mol. The summed E-state index contributed by atoms with van der Waals surface area (Å²) in [5.41, 5.74) is 3.40. The number of rotatable bonds is 0. The minimum absolute atomic E-state index is 0.0493. The van der Waals surface area contributed by atoms with Gasteiger partial charge in [0.25, 0.3) is 0 Å². The van der Waals surface area contributed by atoms with Gasteiger partial charge in [-0.15, -0.1) is 0 Å². The largest absolute Gasteiger partial charge is 0.411 e. The number of oxime groups is 1. The lowest BCUT2D eigenvalue weighted by atomic mass is 9.62. The van der Waals surface area contributed by atoms with E-state index >= 15 is 0 Å². The van der Waals surface area contributed by atoms with Gasteiger partial charge >= 0.3 is 0 Å². The number of nitrogens with zero attached hydrogens (tertiary/aromatic N) is 1. The Balaban J connectivity index is 2.70. The summed E-state index contributed by atoms with van der Waals surface area (Å²) in [6.07, 6.45) is 0.813. The van der Waals surface area contributed by atoms with Crippen LogP contribution in [0.2, 0.25) is 0 Å². The van der Waals surface area contributed by atoms with Crippen LogP contribution in [0.3, 0.4) is 0 Å². The lowest BCUT2D eigenvalue weighted by molar-refractivity contribution is 0.307. The summed E-state index contributed by atoms with van der Waals surface area (Å²) in [6.45, 7) is 8.64. The van der Waals surface area contributed by atoms with Crippen LogP contribution in [0.25, 0.3) is 0 Å². The summed E-state index contributed by atoms with van der Waals surface area (Å²) >= 11 is 0. The fourth-order valence-corrected chi connectivity index (χ4v) is 2.67. The van der Waals surface area contributed by atoms with E-state index < -0.39 is 0 Å². The van der Waals surface area contributed by atoms with Gasteiger partial charge in [0, 0.05) is 5.41 Å². The third-order valence-electron chi connectivity index (χ3n) is 3.78. The summed E-state index contributed by atoms with van der Waals surface area (Å²) in [5, 5.41) is 12.7. The molecule has 0 fully saturated rings. The van der Waals surface area contributed by atoms with Gasteiger partial charge in [-0.1, -0.05) is 57.1 Å². The Hall–Kier alpha value is -1.31. The minimum atomic E-state index is -0.166. The molecule has 2 rings (SSSR count). The number of hydrogen-bond donors (Lipinski definition) is 1. The molecule has 1 aromatic rings. The van der Waals surface area contributed by atoms with E-state index in [0.29, 0.717) is 0 Å². The average molecular weight is 217 g/mol. The fraction of sp³-hybridized carbons (Fsp3) is 0.500. The molecule has 0 saturated carbocycles. The van der Waals surface area contributed by atoms with Crippen LogP contribution in [0, 0.1) is 0 Å². The molecule has 0 spiro atoms. The van der Waals surface area contributed by atoms with Crippen molar-refractivity contribution in [2.45, 2.75) is 44.9 Å². The van der Waals surface area contributed by atoms with Crippen molar-refractivity contribution < 1.29 is 5.21 Å². The molecule has 1 aliphatic carbocycles. The molecule has 0 heterocycles. The SMILES string of the molecule is CC1(C)CC(=NO)C(C)(C)c2ccccc21. The average Bonchev–Trinajstić information content (AvgIpc) is 2.24. The Morgan fingerprint density at radius 3 is 2.19 bits per heavy atom. The number of benzene rings is 1. The van der Waals surface area contributed by atoms with Gasteiger partial charge in [-0.2, -0.15) is 0 Å². The van der Waals surface area contributed by atoms with Crippen LogP contribution in [0.4, 0.5) is 0 Å². The molecule has 1 aliphatic rings. The molecule has 0 radical (unpaired) electrons. The van der Waals surface area contributed by atoms with Crippen molar-refractivity contribution in [1.29, 1.82) is 0 Å². The molecule has 2 heteroatoms. The molecule has 0 amide bonds. The van der Waals surface area contributed by atoms with Crippen molar-refractivity contribution >= 4 is 5.71 Å². The van der Waals surface area contributed by atoms with Crippen LogP contribution >= 0.6 is 0 Å². The lowest BCUT2D eigenvalue weighted by Gasteiger charge is -2.42. The van der Waals surface area contributed by atoms with Crippen molar-refractivity contribution in [3.63, 3.8) is 0 Å². The van der Waals surface area contributed by atoms with Crippen LogP contribution in [-0.4, -0.2) is 10.9 Å². The van der Waals surface area contributed by atoms with Crippen molar-refractivity contribution in [1.82, 2.24) is 0 Å². The third kappa shape index (κ3) is 1.44. The first-order valence-corrected chi connectivity index (χ1v) is 5.71. The van der Waals surface area contributed by atoms with Gasteiger partial charge in [0.1, 0.15) is 0 Å². The second-order valence-electron chi connectivity index (χ2n) is 5.78. The molecule has 0 aromatic heterocycles. The maximum atomic E-state index is 9.17. The van der Waals surface area contributed by atoms with Gasteiger partial charge in [0.05, 0.1) is 5.71 Å². The molecule has 1 N–H and O–H groups in total. The Bertz CT molecular complexity index is 444. The Morgan fingerprint density at radius 1 is 1.06 bits per heavy atom. The maximum Gasteiger partial charge on any atom is 0.0679 e. The van der Waals surface area contributed by atoms with Gasteiger partial charge in [0.15, 0.2) is 0 Å². The van der Waals surface area contributed by atoms with Crippen molar-refractivity contribution in [3.8, 4) is 0 Å². The fourth-order valence-electron chi connectivity index (χ4n) is 2.67. The van der Waals surface area contributed by atoms with Crippen LogP contribution < -0.4 is 0 Å². The van der Waals surface area contributed by atoms with E-state index in [-0.39, 0.29) is 10.8 Å². The van der Waals surface area contributed by atoms with Crippen LogP contribution in [0.1, 0.15) is 45.2 Å². The van der Waals surface area contributed by atoms with E-state index in [4.69, 9.17) is 0 Å². The summed E-state index contributed by atoms with van der Waals surface area (Å²) in [4.78, 5) is 0. The summed E-state index contributed by atoms with van der Waals surface area (Å²) < 4.78 is 0. The minimum Gasteiger partial charge on any atom is -0.411 e. The molecule has 0 unspecified atom stereocenters. The normalized spacial score (nSPS) is 24.1. The highest BCUT2D eigenvalue weighted by molar-refractivity contribution is 5.97. The zero-order chi connectivity index (χ0) is 12.0. The molecule has 2 nitrogen and oxygen atoms in total. The number of hydrogen-bond acceptors (Lipinski definition) is 2. The first-order valence-electron chi connectivity index (χ1n) is 5.71. The smallest absolute Gasteiger partial charge is 0.0679 e. The molecule has 16 heavy (non-hydrogen) atoms. The summed E-state index contributed by atoms with van der Waals surface area (Å²) in [7, 11) is 0. The van der Waals surface area contributed by atoms with E-state index in [1.165, 1.54) is 11.1 Å². The lowest BCUT2D eigenvalue weighted by Crippen LogP contribution is -2.42. The zero-order valence-corrected chi connectivity index (χ0v) is 10.4. The van der Waals surface area contributed by atoms with E-state index in [2.05, 4.69) is 57.1 Å². The predicted octanol–water partition coefficient (Wildman–Crippen LogP) is 3.48. The molecule has 86 valence electrons. The second kappa shape index (κ2) is 3.34. The van der Waals surface area contributed by atoms with Crippen LogP contribution in [-0.2, 0) is 10.8 Å². The monoisotopic (exact) mass is 217 g/mol. The molecule has 0 bridgehead atoms. The van der Waals surface area contributed by atoms with Crippen molar-refractivity contribution in [3.05, 3.63) is 35.4 Å². The van der Waals surface area contributed by atoms with Gasteiger partial charge in [-0.3, -0.25) is 0 Å². The molecule has 0 saturated heterocycles. The van der Waals surface area contributed by atoms with E-state index in [1.54, 1.807) is 0 Å². The van der Waals surface area contributed by atoms with E-state index in [9.17, 15) is 5.21 Å². The summed E-state index contributed by atoms with van der Waals surface area (Å²) in [6, 6.07) is 8.46. The Kier molecular flexibility index (Phi) is 2.33.